The van der Waals surface area contributed by atoms with E-state index in [4.69, 9.17) is 17.9 Å². The zero-order chi connectivity index (χ0) is 8.15. The predicted octanol–water partition coefficient (Wildman–Crippen LogP) is -1.40. The quantitative estimate of drug-likeness (QED) is 0.472. The van der Waals surface area contributed by atoms with Gasteiger partial charge in [0.2, 0.25) is 11.8 Å². The summed E-state index contributed by atoms with van der Waals surface area (Å²) in [5.74, 6) is -0.123. The van der Waals surface area contributed by atoms with Gasteiger partial charge in [0.25, 0.3) is 0 Å². The minimum absolute atomic E-state index is 0.175. The smallest absolute Gasteiger partial charge is 0.233 e. The van der Waals surface area contributed by atoms with Crippen molar-refractivity contribution in [3.05, 3.63) is 0 Å². The molecule has 0 saturated carbocycles. The average molecular weight is 140 g/mol. The molecule has 0 aromatic rings. The van der Waals surface area contributed by atoms with E-state index in [-0.39, 0.29) is 6.42 Å². The van der Waals surface area contributed by atoms with Crippen LogP contribution in [0.4, 0.5) is 0 Å². The minimum atomic E-state index is -0.863. The highest BCUT2D eigenvalue weighted by Gasteiger charge is 2.13. The Bertz CT molecular complexity index is 192. The number of terminal acetylenes is 1. The van der Waals surface area contributed by atoms with Crippen molar-refractivity contribution in [2.75, 3.05) is 0 Å². The fourth-order valence-electron chi connectivity index (χ4n) is 0.443. The zero-order valence-corrected chi connectivity index (χ0v) is 5.33. The van der Waals surface area contributed by atoms with Crippen molar-refractivity contribution in [3.8, 4) is 12.3 Å². The average Bonchev–Trinajstić information content (AvgIpc) is 1.81. The van der Waals surface area contributed by atoms with Crippen LogP contribution in [0.1, 0.15) is 6.42 Å². The third-order valence-corrected chi connectivity index (χ3v) is 0.950. The van der Waals surface area contributed by atoms with Crippen LogP contribution in [0.2, 0.25) is 0 Å². The van der Waals surface area contributed by atoms with Crippen LogP contribution in [0.15, 0.2) is 0 Å². The van der Waals surface area contributed by atoms with E-state index in [1.54, 1.807) is 0 Å². The largest absolute Gasteiger partial charge is 0.370 e. The first-order valence-electron chi connectivity index (χ1n) is 2.61. The summed E-state index contributed by atoms with van der Waals surface area (Å²) < 4.78 is 0. The van der Waals surface area contributed by atoms with E-state index in [1.807, 2.05) is 0 Å². The van der Waals surface area contributed by atoms with E-state index < -0.39 is 17.7 Å². The molecule has 0 aliphatic carbocycles. The summed E-state index contributed by atoms with van der Waals surface area (Å²) in [6, 6.07) is 0. The van der Waals surface area contributed by atoms with Gasteiger partial charge in [-0.3, -0.25) is 9.59 Å². The number of hydrogen-bond acceptors (Lipinski definition) is 2. The lowest BCUT2D eigenvalue weighted by atomic mass is 10.1. The number of carbonyl (C=O) groups is 2. The van der Waals surface area contributed by atoms with Gasteiger partial charge in [-0.15, -0.1) is 6.42 Å². The summed E-state index contributed by atoms with van der Waals surface area (Å²) in [7, 11) is 0. The summed E-state index contributed by atoms with van der Waals surface area (Å²) in [6.45, 7) is 0. The topological polar surface area (TPSA) is 86.2 Å². The van der Waals surface area contributed by atoms with Gasteiger partial charge in [-0.25, -0.2) is 0 Å². The SMILES string of the molecule is C#CC(CC(N)=O)C(N)=O. The maximum Gasteiger partial charge on any atom is 0.233 e. The van der Waals surface area contributed by atoms with Crippen molar-refractivity contribution in [1.82, 2.24) is 0 Å². The third-order valence-electron chi connectivity index (χ3n) is 0.950. The third kappa shape index (κ3) is 2.72. The molecule has 0 radical (unpaired) electrons. The van der Waals surface area contributed by atoms with Gasteiger partial charge in [-0.2, -0.15) is 0 Å². The van der Waals surface area contributed by atoms with Crippen molar-refractivity contribution in [2.45, 2.75) is 6.42 Å². The first kappa shape index (κ1) is 8.50. The van der Waals surface area contributed by atoms with Crippen LogP contribution in [-0.2, 0) is 9.59 Å². The molecule has 4 heteroatoms. The summed E-state index contributed by atoms with van der Waals surface area (Å²) in [5.41, 5.74) is 9.57. The fourth-order valence-corrected chi connectivity index (χ4v) is 0.443. The molecule has 4 N–H and O–H groups in total. The highest BCUT2D eigenvalue weighted by Crippen LogP contribution is 1.97. The van der Waals surface area contributed by atoms with Gasteiger partial charge in [0, 0.05) is 6.42 Å². The molecule has 0 aliphatic rings. The standard InChI is InChI=1S/C6H8N2O2/c1-2-4(6(8)10)3-5(7)9/h1,4H,3H2,(H2,7,9)(H2,8,10). The van der Waals surface area contributed by atoms with Crippen molar-refractivity contribution in [3.63, 3.8) is 0 Å². The number of hydrogen-bond donors (Lipinski definition) is 2. The maximum atomic E-state index is 10.3. The van der Waals surface area contributed by atoms with E-state index in [1.165, 1.54) is 0 Å². The van der Waals surface area contributed by atoms with Gasteiger partial charge in [-0.05, 0) is 0 Å². The Morgan fingerprint density at radius 2 is 2.00 bits per heavy atom. The molecular formula is C6H8N2O2. The lowest BCUT2D eigenvalue weighted by Crippen LogP contribution is -2.26. The molecule has 0 aromatic heterocycles. The highest BCUT2D eigenvalue weighted by atomic mass is 16.2. The second-order valence-electron chi connectivity index (χ2n) is 1.79. The van der Waals surface area contributed by atoms with Crippen molar-refractivity contribution >= 4 is 11.8 Å². The number of nitrogens with two attached hydrogens (primary N) is 2. The fraction of sp³-hybridized carbons (Fsp3) is 0.333. The Morgan fingerprint density at radius 3 is 2.10 bits per heavy atom. The van der Waals surface area contributed by atoms with Gasteiger partial charge < -0.3 is 11.5 Å². The summed E-state index contributed by atoms with van der Waals surface area (Å²) in [5, 5.41) is 0. The molecule has 0 spiro atoms. The summed E-state index contributed by atoms with van der Waals surface area (Å²) >= 11 is 0. The van der Waals surface area contributed by atoms with Crippen molar-refractivity contribution in [2.24, 2.45) is 17.4 Å². The molecule has 54 valence electrons. The van der Waals surface area contributed by atoms with Gasteiger partial charge >= 0.3 is 0 Å². The lowest BCUT2D eigenvalue weighted by molar-refractivity contribution is -0.125. The maximum absolute atomic E-state index is 10.3. The van der Waals surface area contributed by atoms with Gasteiger partial charge in [0.05, 0.1) is 0 Å². The lowest BCUT2D eigenvalue weighted by Gasteiger charge is -2.00. The molecule has 0 aliphatic heterocycles. The predicted molar refractivity (Wildman–Crippen MR) is 35.3 cm³/mol. The molecular weight excluding hydrogens is 132 g/mol. The van der Waals surface area contributed by atoms with Gasteiger partial charge in [-0.1, -0.05) is 5.92 Å². The molecule has 0 aromatic carbocycles. The molecule has 2 amide bonds. The van der Waals surface area contributed by atoms with Crippen LogP contribution in [0.25, 0.3) is 0 Å². The van der Waals surface area contributed by atoms with E-state index in [2.05, 4.69) is 5.92 Å². The summed E-state index contributed by atoms with van der Waals surface area (Å²) in [4.78, 5) is 20.5. The molecule has 1 atom stereocenters. The Morgan fingerprint density at radius 1 is 1.50 bits per heavy atom. The monoisotopic (exact) mass is 140 g/mol. The number of carbonyl (C=O) groups excluding carboxylic acids is 2. The first-order valence-corrected chi connectivity index (χ1v) is 2.61. The molecule has 10 heavy (non-hydrogen) atoms. The van der Waals surface area contributed by atoms with Crippen LogP contribution >= 0.6 is 0 Å². The zero-order valence-electron chi connectivity index (χ0n) is 5.33. The van der Waals surface area contributed by atoms with E-state index in [9.17, 15) is 9.59 Å². The van der Waals surface area contributed by atoms with Gasteiger partial charge in [0.15, 0.2) is 0 Å². The minimum Gasteiger partial charge on any atom is -0.370 e. The molecule has 1 unspecified atom stereocenters. The number of primary amides is 2. The second-order valence-corrected chi connectivity index (χ2v) is 1.79. The Balaban J connectivity index is 4.00. The Hall–Kier alpha value is -1.50. The number of rotatable bonds is 3. The molecule has 0 bridgehead atoms. The van der Waals surface area contributed by atoms with Crippen LogP contribution in [-0.4, -0.2) is 11.8 Å². The van der Waals surface area contributed by atoms with Crippen LogP contribution in [0.5, 0.6) is 0 Å². The van der Waals surface area contributed by atoms with Crippen LogP contribution < -0.4 is 11.5 Å². The first-order chi connectivity index (χ1) is 4.57. The number of amides is 2. The molecule has 0 saturated heterocycles. The van der Waals surface area contributed by atoms with E-state index in [0.717, 1.165) is 0 Å². The van der Waals surface area contributed by atoms with E-state index in [0.29, 0.717) is 0 Å². The summed E-state index contributed by atoms with van der Waals surface area (Å²) in [6.07, 6.45) is 4.69. The van der Waals surface area contributed by atoms with E-state index >= 15 is 0 Å². The van der Waals surface area contributed by atoms with Gasteiger partial charge in [0.1, 0.15) is 5.92 Å². The van der Waals surface area contributed by atoms with Crippen molar-refractivity contribution in [1.29, 1.82) is 0 Å². The molecule has 0 heterocycles. The van der Waals surface area contributed by atoms with Crippen LogP contribution in [0, 0.1) is 18.3 Å². The Labute approximate surface area is 58.6 Å². The normalized spacial score (nSPS) is 11.5. The molecule has 0 fully saturated rings. The highest BCUT2D eigenvalue weighted by molar-refractivity contribution is 5.86. The molecule has 4 nitrogen and oxygen atoms in total. The second kappa shape index (κ2) is 3.51. The Kier molecular flexibility index (Phi) is 2.98. The van der Waals surface area contributed by atoms with Crippen LogP contribution in [0.3, 0.4) is 0 Å². The molecule has 0 rings (SSSR count). The van der Waals surface area contributed by atoms with Crippen molar-refractivity contribution < 1.29 is 9.59 Å².